The van der Waals surface area contributed by atoms with Gasteiger partial charge in [-0.3, -0.25) is 5.10 Å². The summed E-state index contributed by atoms with van der Waals surface area (Å²) in [7, 11) is 0. The first-order valence-electron chi connectivity index (χ1n) is 6.05. The van der Waals surface area contributed by atoms with Gasteiger partial charge in [0, 0.05) is 5.69 Å². The highest BCUT2D eigenvalue weighted by Gasteiger charge is 1.99. The minimum absolute atomic E-state index is 0.349. The summed E-state index contributed by atoms with van der Waals surface area (Å²) in [5.41, 5.74) is 0.909. The molecule has 0 spiro atoms. The number of nitrogens with one attached hydrogen (secondary N) is 2. The Kier molecular flexibility index (Phi) is 4.46. The van der Waals surface area contributed by atoms with Crippen LogP contribution in [0.15, 0.2) is 30.5 Å². The first kappa shape index (κ1) is 13.5. The molecule has 0 radical (unpaired) electrons. The van der Waals surface area contributed by atoms with Crippen LogP contribution in [0, 0.1) is 10.7 Å². The van der Waals surface area contributed by atoms with Crippen molar-refractivity contribution in [3.05, 3.63) is 35.2 Å². The van der Waals surface area contributed by atoms with E-state index in [2.05, 4.69) is 34.3 Å². The first-order valence-corrected chi connectivity index (χ1v) is 6.46. The predicted molar refractivity (Wildman–Crippen MR) is 77.3 cm³/mol. The lowest BCUT2D eigenvalue weighted by atomic mass is 10.2. The van der Waals surface area contributed by atoms with Crippen molar-refractivity contribution in [3.63, 3.8) is 0 Å². The molecule has 2 rings (SSSR count). The van der Waals surface area contributed by atoms with E-state index in [0.29, 0.717) is 23.1 Å². The Labute approximate surface area is 117 Å². The molecule has 1 aromatic carbocycles. The second-order valence-corrected chi connectivity index (χ2v) is 4.91. The smallest absolute Gasteiger partial charge is 0.215 e. The zero-order chi connectivity index (χ0) is 13.7. The quantitative estimate of drug-likeness (QED) is 0.820. The van der Waals surface area contributed by atoms with Crippen molar-refractivity contribution in [1.82, 2.24) is 15.2 Å². The second kappa shape index (κ2) is 6.29. The normalized spacial score (nSPS) is 10.5. The number of anilines is 2. The van der Waals surface area contributed by atoms with Gasteiger partial charge in [0.2, 0.25) is 4.77 Å². The monoisotopic (exact) mass is 276 g/mol. The number of hydrogen-bond acceptors (Lipinski definition) is 5. The summed E-state index contributed by atoms with van der Waals surface area (Å²) in [5, 5.41) is 9.58. The largest absolute Gasteiger partial charge is 0.493 e. The zero-order valence-corrected chi connectivity index (χ0v) is 11.7. The second-order valence-electron chi connectivity index (χ2n) is 4.53. The van der Waals surface area contributed by atoms with Gasteiger partial charge in [-0.25, -0.2) is 0 Å². The Balaban J connectivity index is 2.00. The fraction of sp³-hybridized carbons (Fsp3) is 0.308. The topological polar surface area (TPSA) is 62.8 Å². The molecule has 2 aromatic rings. The summed E-state index contributed by atoms with van der Waals surface area (Å²) in [4.78, 5) is 4.10. The molecular formula is C13H16N4OS. The minimum Gasteiger partial charge on any atom is -0.493 e. The maximum Gasteiger partial charge on any atom is 0.215 e. The van der Waals surface area contributed by atoms with Crippen LogP contribution in [0.4, 0.5) is 11.5 Å². The van der Waals surface area contributed by atoms with E-state index in [4.69, 9.17) is 17.0 Å². The zero-order valence-electron chi connectivity index (χ0n) is 10.9. The lowest BCUT2D eigenvalue weighted by molar-refractivity contribution is 0.271. The number of H-pyrrole nitrogens is 1. The average Bonchev–Trinajstić information content (AvgIpc) is 2.38. The SMILES string of the molecule is CC(C)COc1ccc(Nc2cn[nH]c(=S)n2)cc1. The van der Waals surface area contributed by atoms with E-state index in [1.165, 1.54) is 0 Å². The standard InChI is InChI=1S/C13H16N4OS/c1-9(2)8-18-11-5-3-10(4-6-11)15-12-7-14-17-13(19)16-12/h3-7,9H,8H2,1-2H3,(H2,15,16,17,19). The first-order chi connectivity index (χ1) is 9.13. The van der Waals surface area contributed by atoms with Crippen molar-refractivity contribution in [2.45, 2.75) is 13.8 Å². The van der Waals surface area contributed by atoms with E-state index in [-0.39, 0.29) is 0 Å². The summed E-state index contributed by atoms with van der Waals surface area (Å²) in [6.07, 6.45) is 1.58. The van der Waals surface area contributed by atoms with Crippen LogP contribution in [-0.2, 0) is 0 Å². The van der Waals surface area contributed by atoms with Crippen molar-refractivity contribution in [2.24, 2.45) is 5.92 Å². The molecule has 6 heteroatoms. The Morgan fingerprint density at radius 1 is 1.32 bits per heavy atom. The van der Waals surface area contributed by atoms with Crippen molar-refractivity contribution in [3.8, 4) is 5.75 Å². The van der Waals surface area contributed by atoms with Crippen LogP contribution >= 0.6 is 12.2 Å². The van der Waals surface area contributed by atoms with Gasteiger partial charge in [0.15, 0.2) is 5.82 Å². The molecule has 1 aromatic heterocycles. The highest BCUT2D eigenvalue weighted by molar-refractivity contribution is 7.71. The van der Waals surface area contributed by atoms with E-state index in [1.807, 2.05) is 24.3 Å². The van der Waals surface area contributed by atoms with Crippen molar-refractivity contribution in [2.75, 3.05) is 11.9 Å². The third-order valence-electron chi connectivity index (χ3n) is 2.28. The number of ether oxygens (including phenoxy) is 1. The molecule has 0 saturated heterocycles. The summed E-state index contributed by atoms with van der Waals surface area (Å²) < 4.78 is 5.96. The van der Waals surface area contributed by atoms with Crippen LogP contribution in [0.1, 0.15) is 13.8 Å². The van der Waals surface area contributed by atoms with E-state index in [0.717, 1.165) is 11.4 Å². The van der Waals surface area contributed by atoms with Crippen LogP contribution in [0.25, 0.3) is 0 Å². The molecule has 0 saturated carbocycles. The molecule has 2 N–H and O–H groups in total. The molecule has 5 nitrogen and oxygen atoms in total. The van der Waals surface area contributed by atoms with E-state index >= 15 is 0 Å². The Hall–Kier alpha value is -1.95. The molecule has 100 valence electrons. The van der Waals surface area contributed by atoms with Crippen molar-refractivity contribution >= 4 is 23.7 Å². The number of aromatic nitrogens is 3. The molecule has 19 heavy (non-hydrogen) atoms. The lowest BCUT2D eigenvalue weighted by Gasteiger charge is -2.09. The van der Waals surface area contributed by atoms with Crippen molar-refractivity contribution in [1.29, 1.82) is 0 Å². The number of hydrogen-bond donors (Lipinski definition) is 2. The molecule has 0 amide bonds. The number of nitrogens with zero attached hydrogens (tertiary/aromatic N) is 2. The predicted octanol–water partition coefficient (Wildman–Crippen LogP) is 3.31. The number of benzene rings is 1. The van der Waals surface area contributed by atoms with Gasteiger partial charge < -0.3 is 10.1 Å². The van der Waals surface area contributed by atoms with Gasteiger partial charge in [-0.2, -0.15) is 10.1 Å². The summed E-state index contributed by atoms with van der Waals surface area (Å²) >= 11 is 4.91. The molecule has 0 atom stereocenters. The summed E-state index contributed by atoms with van der Waals surface area (Å²) in [6.45, 7) is 4.95. The minimum atomic E-state index is 0.349. The van der Waals surface area contributed by atoms with Gasteiger partial charge in [0.25, 0.3) is 0 Å². The molecule has 0 fully saturated rings. The fourth-order valence-electron chi connectivity index (χ4n) is 1.42. The molecule has 0 bridgehead atoms. The van der Waals surface area contributed by atoms with Gasteiger partial charge in [-0.05, 0) is 42.4 Å². The fourth-order valence-corrected chi connectivity index (χ4v) is 1.57. The maximum atomic E-state index is 5.61. The van der Waals surface area contributed by atoms with Crippen molar-refractivity contribution < 1.29 is 4.74 Å². The van der Waals surface area contributed by atoms with E-state index < -0.39 is 0 Å². The van der Waals surface area contributed by atoms with Crippen LogP contribution < -0.4 is 10.1 Å². The number of rotatable bonds is 5. The highest BCUT2D eigenvalue weighted by atomic mass is 32.1. The van der Waals surface area contributed by atoms with Crippen LogP contribution in [0.5, 0.6) is 5.75 Å². The van der Waals surface area contributed by atoms with Crippen LogP contribution in [-0.4, -0.2) is 21.8 Å². The third kappa shape index (κ3) is 4.33. The van der Waals surface area contributed by atoms with Crippen LogP contribution in [0.3, 0.4) is 0 Å². The number of aromatic amines is 1. The molecule has 0 aliphatic rings. The summed E-state index contributed by atoms with van der Waals surface area (Å²) in [6, 6.07) is 7.69. The van der Waals surface area contributed by atoms with E-state index in [1.54, 1.807) is 6.20 Å². The molecule has 0 aliphatic heterocycles. The Bertz CT molecular complexity index is 580. The van der Waals surface area contributed by atoms with Crippen LogP contribution in [0.2, 0.25) is 0 Å². The van der Waals surface area contributed by atoms with E-state index in [9.17, 15) is 0 Å². The van der Waals surface area contributed by atoms with Gasteiger partial charge in [0.05, 0.1) is 12.8 Å². The van der Waals surface area contributed by atoms with Gasteiger partial charge in [-0.1, -0.05) is 13.8 Å². The average molecular weight is 276 g/mol. The lowest BCUT2D eigenvalue weighted by Crippen LogP contribution is -2.04. The van der Waals surface area contributed by atoms with Gasteiger partial charge >= 0.3 is 0 Å². The summed E-state index contributed by atoms with van der Waals surface area (Å²) in [5.74, 6) is 1.98. The maximum absolute atomic E-state index is 5.61. The highest BCUT2D eigenvalue weighted by Crippen LogP contribution is 2.18. The Morgan fingerprint density at radius 3 is 2.68 bits per heavy atom. The Morgan fingerprint density at radius 2 is 2.05 bits per heavy atom. The van der Waals surface area contributed by atoms with Gasteiger partial charge in [0.1, 0.15) is 5.75 Å². The molecule has 0 aliphatic carbocycles. The molecule has 0 unspecified atom stereocenters. The molecular weight excluding hydrogens is 260 g/mol. The van der Waals surface area contributed by atoms with Gasteiger partial charge in [-0.15, -0.1) is 0 Å². The third-order valence-corrected chi connectivity index (χ3v) is 2.46. The molecule has 1 heterocycles.